The van der Waals surface area contributed by atoms with Crippen LogP contribution in [-0.2, 0) is 23.9 Å². The highest BCUT2D eigenvalue weighted by molar-refractivity contribution is 6.03. The van der Waals surface area contributed by atoms with E-state index in [0.29, 0.717) is 30.4 Å². The van der Waals surface area contributed by atoms with Crippen molar-refractivity contribution in [2.75, 3.05) is 0 Å². The predicted molar refractivity (Wildman–Crippen MR) is 142 cm³/mol. The number of ether oxygens (including phenoxy) is 2. The number of allylic oxidation sites excluding steroid dienone is 1. The number of esters is 2. The summed E-state index contributed by atoms with van der Waals surface area (Å²) in [6.45, 7) is 12.7. The second-order valence-corrected chi connectivity index (χ2v) is 12.1. The lowest BCUT2D eigenvalue weighted by atomic mass is 9.80. The summed E-state index contributed by atoms with van der Waals surface area (Å²) in [6.07, 6.45) is 4.09. The first-order chi connectivity index (χ1) is 17.6. The van der Waals surface area contributed by atoms with Crippen LogP contribution in [-0.4, -0.2) is 63.1 Å². The highest BCUT2D eigenvalue weighted by Crippen LogP contribution is 2.62. The molecule has 2 saturated carbocycles. The first kappa shape index (κ1) is 30.3. The number of aliphatic hydroxyl groups is 3. The van der Waals surface area contributed by atoms with Gasteiger partial charge in [0.05, 0.1) is 24.2 Å². The highest BCUT2D eigenvalue weighted by atomic mass is 16.6. The Morgan fingerprint density at radius 2 is 1.84 bits per heavy atom. The molecule has 38 heavy (non-hydrogen) atoms. The minimum absolute atomic E-state index is 0.0664. The van der Waals surface area contributed by atoms with Crippen molar-refractivity contribution >= 4 is 17.7 Å². The van der Waals surface area contributed by atoms with Gasteiger partial charge in [0.1, 0.15) is 6.10 Å². The fourth-order valence-electron chi connectivity index (χ4n) is 6.40. The zero-order chi connectivity index (χ0) is 28.6. The van der Waals surface area contributed by atoms with Gasteiger partial charge in [-0.05, 0) is 67.1 Å². The van der Waals surface area contributed by atoms with E-state index in [9.17, 15) is 29.7 Å². The number of ketones is 1. The third-order valence-corrected chi connectivity index (χ3v) is 8.84. The lowest BCUT2D eigenvalue weighted by molar-refractivity contribution is -0.168. The number of fused-ring (bicyclic) bond motifs is 2. The van der Waals surface area contributed by atoms with Crippen molar-refractivity contribution in [2.45, 2.75) is 104 Å². The van der Waals surface area contributed by atoms with Crippen molar-refractivity contribution in [3.8, 4) is 0 Å². The molecule has 5 unspecified atom stereocenters. The molecule has 9 atom stereocenters. The second kappa shape index (κ2) is 11.4. The summed E-state index contributed by atoms with van der Waals surface area (Å²) in [6, 6.07) is 0. The van der Waals surface area contributed by atoms with Crippen molar-refractivity contribution in [2.24, 2.45) is 29.1 Å². The summed E-state index contributed by atoms with van der Waals surface area (Å²) >= 11 is 0. The van der Waals surface area contributed by atoms with Gasteiger partial charge in [0.15, 0.2) is 5.60 Å². The molecule has 0 aromatic heterocycles. The monoisotopic (exact) mass is 532 g/mol. The van der Waals surface area contributed by atoms with Crippen LogP contribution >= 0.6 is 0 Å². The number of hydrogen-bond donors (Lipinski definition) is 3. The molecular formula is C30H44O8. The van der Waals surface area contributed by atoms with E-state index in [1.165, 1.54) is 13.0 Å². The van der Waals surface area contributed by atoms with Gasteiger partial charge in [-0.1, -0.05) is 46.3 Å². The molecule has 2 fully saturated rings. The normalized spacial score (nSPS) is 38.9. The molecule has 0 radical (unpaired) electrons. The minimum atomic E-state index is -1.54. The number of Topliss-reactive ketones (excluding diaryl/α,β-unsaturated/α-hetero) is 1. The molecule has 0 heterocycles. The van der Waals surface area contributed by atoms with Crippen molar-refractivity contribution in [1.29, 1.82) is 0 Å². The zero-order valence-electron chi connectivity index (χ0n) is 23.6. The molecule has 0 aromatic rings. The Morgan fingerprint density at radius 1 is 1.18 bits per heavy atom. The molecule has 0 aromatic carbocycles. The van der Waals surface area contributed by atoms with Gasteiger partial charge in [-0.2, -0.15) is 0 Å². The summed E-state index contributed by atoms with van der Waals surface area (Å²) in [4.78, 5) is 38.9. The first-order valence-electron chi connectivity index (χ1n) is 13.7. The van der Waals surface area contributed by atoms with E-state index in [1.807, 2.05) is 19.9 Å². The lowest BCUT2D eigenvalue weighted by Gasteiger charge is -2.34. The largest absolute Gasteiger partial charge is 0.455 e. The minimum Gasteiger partial charge on any atom is -0.455 e. The summed E-state index contributed by atoms with van der Waals surface area (Å²) < 4.78 is 11.6. The van der Waals surface area contributed by atoms with Crippen LogP contribution in [0.4, 0.5) is 0 Å². The Kier molecular flexibility index (Phi) is 9.11. The zero-order valence-corrected chi connectivity index (χ0v) is 23.6. The standard InChI is InChI=1S/C30H44O8/c1-8-9-23(32)24(33)10-11-26(34)37-25-14-21-20(29(21,6)7)13-17(3)28(36)30(38-19(5)31)15-18(4)27(35)22(30)12-16(25)2/h10-13,18,20-25,27,32-33,35H,8-9,14-15H2,1-7H3/b11-10+,16-12+,17-13+/t18-,20?,21?,22?,23?,24?,25-,27+,30-/m1/s1. The van der Waals surface area contributed by atoms with Gasteiger partial charge in [0, 0.05) is 19.4 Å². The van der Waals surface area contributed by atoms with Gasteiger partial charge in [-0.25, -0.2) is 4.79 Å². The van der Waals surface area contributed by atoms with Crippen LogP contribution in [0.2, 0.25) is 0 Å². The van der Waals surface area contributed by atoms with E-state index < -0.39 is 47.9 Å². The molecule has 212 valence electrons. The Labute approximate surface area is 225 Å². The summed E-state index contributed by atoms with van der Waals surface area (Å²) in [5.74, 6) is -2.46. The van der Waals surface area contributed by atoms with Gasteiger partial charge in [-0.3, -0.25) is 9.59 Å². The van der Waals surface area contributed by atoms with Crippen LogP contribution < -0.4 is 0 Å². The number of rotatable bonds is 7. The molecular weight excluding hydrogens is 488 g/mol. The van der Waals surface area contributed by atoms with Crippen molar-refractivity contribution in [3.05, 3.63) is 35.5 Å². The molecule has 0 saturated heterocycles. The summed E-state index contributed by atoms with van der Waals surface area (Å²) in [5, 5.41) is 31.2. The Hall–Kier alpha value is -2.29. The Morgan fingerprint density at radius 3 is 2.45 bits per heavy atom. The maximum atomic E-state index is 13.9. The smallest absolute Gasteiger partial charge is 0.331 e. The average molecular weight is 533 g/mol. The molecule has 3 N–H and O–H groups in total. The van der Waals surface area contributed by atoms with Crippen LogP contribution in [0.25, 0.3) is 0 Å². The maximum Gasteiger partial charge on any atom is 0.331 e. The van der Waals surface area contributed by atoms with E-state index in [4.69, 9.17) is 9.47 Å². The molecule has 3 aliphatic rings. The number of hydrogen-bond acceptors (Lipinski definition) is 8. The van der Waals surface area contributed by atoms with Crippen molar-refractivity contribution < 1.29 is 39.2 Å². The van der Waals surface area contributed by atoms with Crippen LogP contribution in [0.1, 0.15) is 74.1 Å². The molecule has 0 bridgehead atoms. The van der Waals surface area contributed by atoms with E-state index in [2.05, 4.69) is 13.8 Å². The molecule has 8 heteroatoms. The topological polar surface area (TPSA) is 130 Å². The maximum absolute atomic E-state index is 13.9. The van der Waals surface area contributed by atoms with Crippen molar-refractivity contribution in [3.63, 3.8) is 0 Å². The molecule has 8 nitrogen and oxygen atoms in total. The van der Waals surface area contributed by atoms with Crippen LogP contribution in [0, 0.1) is 29.1 Å². The van der Waals surface area contributed by atoms with Crippen LogP contribution in [0.5, 0.6) is 0 Å². The molecule has 3 rings (SSSR count). The number of carbonyl (C=O) groups excluding carboxylic acids is 3. The van der Waals surface area contributed by atoms with Crippen LogP contribution in [0.3, 0.4) is 0 Å². The summed E-state index contributed by atoms with van der Waals surface area (Å²) in [5.41, 5.74) is -0.512. The van der Waals surface area contributed by atoms with Gasteiger partial charge in [0.2, 0.25) is 5.78 Å². The highest BCUT2D eigenvalue weighted by Gasteiger charge is 2.61. The van der Waals surface area contributed by atoms with Crippen molar-refractivity contribution in [1.82, 2.24) is 0 Å². The first-order valence-corrected chi connectivity index (χ1v) is 13.7. The Bertz CT molecular complexity index is 1020. The predicted octanol–water partition coefficient (Wildman–Crippen LogP) is 3.43. The number of aliphatic hydroxyl groups excluding tert-OH is 3. The SMILES string of the molecule is CCCC(O)C(O)/C=C/C(=O)O[C@@H]1CC2C(/C=C(\C)C(=O)[C@@]3(OC(C)=O)C[C@@H](C)[C@H](O)C3/C=C/1C)C2(C)C. The fourth-order valence-corrected chi connectivity index (χ4v) is 6.40. The van der Waals surface area contributed by atoms with Gasteiger partial charge in [0.25, 0.3) is 0 Å². The Balaban J connectivity index is 2.00. The average Bonchev–Trinajstić information content (AvgIpc) is 3.24. The van der Waals surface area contributed by atoms with E-state index >= 15 is 0 Å². The van der Waals surface area contributed by atoms with Crippen LogP contribution in [0.15, 0.2) is 35.5 Å². The third kappa shape index (κ3) is 5.97. The van der Waals surface area contributed by atoms with Gasteiger partial charge < -0.3 is 24.8 Å². The van der Waals surface area contributed by atoms with E-state index in [0.717, 1.165) is 6.08 Å². The molecule has 3 aliphatic carbocycles. The summed E-state index contributed by atoms with van der Waals surface area (Å²) in [7, 11) is 0. The fraction of sp³-hybridized carbons (Fsp3) is 0.700. The van der Waals surface area contributed by atoms with E-state index in [1.54, 1.807) is 19.9 Å². The molecule has 0 aliphatic heterocycles. The lowest BCUT2D eigenvalue weighted by Crippen LogP contribution is -2.48. The molecule has 0 amide bonds. The molecule has 0 spiro atoms. The van der Waals surface area contributed by atoms with Gasteiger partial charge in [-0.15, -0.1) is 0 Å². The van der Waals surface area contributed by atoms with Gasteiger partial charge >= 0.3 is 11.9 Å². The number of carbonyl (C=O) groups is 3. The quantitative estimate of drug-likeness (QED) is 0.258. The van der Waals surface area contributed by atoms with E-state index in [-0.39, 0.29) is 35.4 Å². The third-order valence-electron chi connectivity index (χ3n) is 8.84. The second-order valence-electron chi connectivity index (χ2n) is 12.1.